The summed E-state index contributed by atoms with van der Waals surface area (Å²) in [6.07, 6.45) is 4.13. The maximum Gasteiger partial charge on any atom is 0.108 e. The van der Waals surface area contributed by atoms with Gasteiger partial charge in [-0.2, -0.15) is 0 Å². The van der Waals surface area contributed by atoms with E-state index in [2.05, 4.69) is 15.9 Å². The lowest BCUT2D eigenvalue weighted by atomic mass is 10.1. The lowest BCUT2D eigenvalue weighted by molar-refractivity contribution is 0.387. The SMILES string of the molecule is OC1=C(Br)C=CC(Cl)C1. The molecule has 0 amide bonds. The monoisotopic (exact) mass is 208 g/mol. The van der Waals surface area contributed by atoms with Crippen LogP contribution >= 0.6 is 27.5 Å². The van der Waals surface area contributed by atoms with Crippen molar-refractivity contribution in [2.75, 3.05) is 0 Å². The summed E-state index contributed by atoms with van der Waals surface area (Å²) in [5, 5.41) is 9.00. The lowest BCUT2D eigenvalue weighted by Crippen LogP contribution is -2.01. The molecule has 0 radical (unpaired) electrons. The Bertz CT molecular complexity index is 174. The van der Waals surface area contributed by atoms with Crippen LogP contribution in [0.25, 0.3) is 0 Å². The third-order valence-corrected chi connectivity index (χ3v) is 2.14. The topological polar surface area (TPSA) is 20.2 Å². The summed E-state index contributed by atoms with van der Waals surface area (Å²) < 4.78 is 0.736. The van der Waals surface area contributed by atoms with Gasteiger partial charge in [-0.15, -0.1) is 11.6 Å². The van der Waals surface area contributed by atoms with E-state index in [-0.39, 0.29) is 5.38 Å². The van der Waals surface area contributed by atoms with Gasteiger partial charge in [0.25, 0.3) is 0 Å². The highest BCUT2D eigenvalue weighted by atomic mass is 79.9. The van der Waals surface area contributed by atoms with Crippen LogP contribution in [-0.4, -0.2) is 10.5 Å². The van der Waals surface area contributed by atoms with Crippen LogP contribution in [0, 0.1) is 0 Å². The molecule has 1 N–H and O–H groups in total. The standard InChI is InChI=1S/C6H6BrClO/c7-5-2-1-4(8)3-6(5)9/h1-2,4,9H,3H2. The summed E-state index contributed by atoms with van der Waals surface area (Å²) in [5.74, 6) is 0.331. The highest BCUT2D eigenvalue weighted by Gasteiger charge is 2.10. The van der Waals surface area contributed by atoms with Crippen molar-refractivity contribution in [1.82, 2.24) is 0 Å². The Morgan fingerprint density at radius 3 is 2.89 bits per heavy atom. The van der Waals surface area contributed by atoms with Gasteiger partial charge in [-0.3, -0.25) is 0 Å². The molecule has 0 aliphatic heterocycles. The van der Waals surface area contributed by atoms with Crippen LogP contribution in [-0.2, 0) is 0 Å². The van der Waals surface area contributed by atoms with Crippen molar-refractivity contribution in [3.8, 4) is 0 Å². The van der Waals surface area contributed by atoms with Crippen LogP contribution in [0.4, 0.5) is 0 Å². The van der Waals surface area contributed by atoms with Gasteiger partial charge in [-0.25, -0.2) is 0 Å². The van der Waals surface area contributed by atoms with Crippen molar-refractivity contribution in [2.24, 2.45) is 0 Å². The summed E-state index contributed by atoms with van der Waals surface area (Å²) in [6, 6.07) is 0. The Morgan fingerprint density at radius 1 is 1.78 bits per heavy atom. The van der Waals surface area contributed by atoms with Gasteiger partial charge in [0.15, 0.2) is 0 Å². The summed E-state index contributed by atoms with van der Waals surface area (Å²) in [5.41, 5.74) is 0. The van der Waals surface area contributed by atoms with Crippen LogP contribution in [0.2, 0.25) is 0 Å². The molecule has 1 unspecified atom stereocenters. The number of aliphatic hydroxyl groups excluding tert-OH is 1. The maximum atomic E-state index is 9.05. The van der Waals surface area contributed by atoms with Crippen molar-refractivity contribution < 1.29 is 5.11 Å². The predicted octanol–water partition coefficient (Wildman–Crippen LogP) is 2.72. The third kappa shape index (κ3) is 1.73. The first-order valence-electron chi connectivity index (χ1n) is 2.60. The number of allylic oxidation sites excluding steroid dienone is 4. The summed E-state index contributed by atoms with van der Waals surface area (Å²) >= 11 is 8.84. The molecule has 0 aromatic carbocycles. The van der Waals surface area contributed by atoms with Gasteiger partial charge in [0.2, 0.25) is 0 Å². The van der Waals surface area contributed by atoms with Crippen LogP contribution in [0.1, 0.15) is 6.42 Å². The Hall–Kier alpha value is 0.0500. The molecule has 1 rings (SSSR count). The fraction of sp³-hybridized carbons (Fsp3) is 0.333. The van der Waals surface area contributed by atoms with Gasteiger partial charge in [0.1, 0.15) is 5.76 Å². The van der Waals surface area contributed by atoms with Crippen LogP contribution in [0.5, 0.6) is 0 Å². The molecular weight excluding hydrogens is 203 g/mol. The molecule has 0 saturated carbocycles. The molecule has 0 bridgehead atoms. The first-order valence-corrected chi connectivity index (χ1v) is 3.83. The van der Waals surface area contributed by atoms with Crippen molar-refractivity contribution in [3.63, 3.8) is 0 Å². The second kappa shape index (κ2) is 2.76. The number of aliphatic hydroxyl groups is 1. The molecule has 0 aromatic heterocycles. The largest absolute Gasteiger partial charge is 0.511 e. The molecule has 0 fully saturated rings. The number of hydrogen-bond donors (Lipinski definition) is 1. The second-order valence-corrected chi connectivity index (χ2v) is 3.29. The molecular formula is C6H6BrClO. The molecule has 0 saturated heterocycles. The minimum Gasteiger partial charge on any atom is -0.511 e. The molecule has 0 aromatic rings. The number of rotatable bonds is 0. The molecule has 1 aliphatic carbocycles. The van der Waals surface area contributed by atoms with Gasteiger partial charge in [0.05, 0.1) is 9.86 Å². The van der Waals surface area contributed by atoms with E-state index < -0.39 is 0 Å². The van der Waals surface area contributed by atoms with E-state index in [0.717, 1.165) is 4.48 Å². The van der Waals surface area contributed by atoms with E-state index >= 15 is 0 Å². The van der Waals surface area contributed by atoms with Crippen LogP contribution in [0.3, 0.4) is 0 Å². The Morgan fingerprint density at radius 2 is 2.44 bits per heavy atom. The smallest absolute Gasteiger partial charge is 0.108 e. The van der Waals surface area contributed by atoms with Gasteiger partial charge >= 0.3 is 0 Å². The summed E-state index contributed by atoms with van der Waals surface area (Å²) in [7, 11) is 0. The number of alkyl halides is 1. The average molecular weight is 209 g/mol. The normalized spacial score (nSPS) is 27.1. The zero-order chi connectivity index (χ0) is 6.85. The molecule has 1 atom stereocenters. The van der Waals surface area contributed by atoms with Gasteiger partial charge in [-0.1, -0.05) is 6.08 Å². The van der Waals surface area contributed by atoms with Crippen molar-refractivity contribution in [2.45, 2.75) is 11.8 Å². The number of hydrogen-bond acceptors (Lipinski definition) is 1. The Balaban J connectivity index is 2.75. The Labute approximate surface area is 67.1 Å². The lowest BCUT2D eigenvalue weighted by Gasteiger charge is -2.09. The van der Waals surface area contributed by atoms with Crippen LogP contribution < -0.4 is 0 Å². The minimum absolute atomic E-state index is 0.0497. The van der Waals surface area contributed by atoms with Crippen LogP contribution in [0.15, 0.2) is 22.4 Å². The van der Waals surface area contributed by atoms with E-state index in [4.69, 9.17) is 16.7 Å². The van der Waals surface area contributed by atoms with E-state index in [9.17, 15) is 0 Å². The Kier molecular flexibility index (Phi) is 2.19. The van der Waals surface area contributed by atoms with Crippen molar-refractivity contribution in [3.05, 3.63) is 22.4 Å². The fourth-order valence-electron chi connectivity index (χ4n) is 0.635. The van der Waals surface area contributed by atoms with Gasteiger partial charge in [0, 0.05) is 6.42 Å². The van der Waals surface area contributed by atoms with E-state index in [1.807, 2.05) is 6.08 Å². The minimum atomic E-state index is -0.0497. The molecule has 3 heteroatoms. The fourth-order valence-corrected chi connectivity index (χ4v) is 1.17. The molecule has 1 nitrogen and oxygen atoms in total. The van der Waals surface area contributed by atoms with Gasteiger partial charge < -0.3 is 5.11 Å². The first-order chi connectivity index (χ1) is 4.20. The first kappa shape index (κ1) is 7.16. The average Bonchev–Trinajstić information content (AvgIpc) is 1.80. The molecule has 50 valence electrons. The predicted molar refractivity (Wildman–Crippen MR) is 42.0 cm³/mol. The molecule has 1 aliphatic rings. The number of halogens is 2. The summed E-state index contributed by atoms with van der Waals surface area (Å²) in [4.78, 5) is 0. The van der Waals surface area contributed by atoms with E-state index in [0.29, 0.717) is 12.2 Å². The van der Waals surface area contributed by atoms with E-state index in [1.165, 1.54) is 0 Å². The molecule has 0 spiro atoms. The van der Waals surface area contributed by atoms with Gasteiger partial charge in [-0.05, 0) is 22.0 Å². The zero-order valence-electron chi connectivity index (χ0n) is 4.64. The van der Waals surface area contributed by atoms with Crippen molar-refractivity contribution >= 4 is 27.5 Å². The zero-order valence-corrected chi connectivity index (χ0v) is 6.98. The third-order valence-electron chi connectivity index (χ3n) is 1.12. The van der Waals surface area contributed by atoms with Crippen molar-refractivity contribution in [1.29, 1.82) is 0 Å². The highest BCUT2D eigenvalue weighted by Crippen LogP contribution is 2.23. The van der Waals surface area contributed by atoms with E-state index in [1.54, 1.807) is 6.08 Å². The highest BCUT2D eigenvalue weighted by molar-refractivity contribution is 9.11. The molecule has 9 heavy (non-hydrogen) atoms. The maximum absolute atomic E-state index is 9.05. The summed E-state index contributed by atoms with van der Waals surface area (Å²) in [6.45, 7) is 0. The quantitative estimate of drug-likeness (QED) is 0.608. The molecule has 0 heterocycles. The second-order valence-electron chi connectivity index (χ2n) is 1.87.